The number of amides is 1. The van der Waals surface area contributed by atoms with Crippen LogP contribution in [0, 0.1) is 18.6 Å². The molecule has 0 aliphatic heterocycles. The molecule has 3 nitrogen and oxygen atoms in total. The van der Waals surface area contributed by atoms with Crippen LogP contribution in [-0.4, -0.2) is 10.9 Å². The Morgan fingerprint density at radius 1 is 1.25 bits per heavy atom. The Bertz CT molecular complexity index is 875. The number of hydrogen-bond donors (Lipinski definition) is 1. The van der Waals surface area contributed by atoms with Crippen molar-refractivity contribution in [3.63, 3.8) is 0 Å². The standard InChI is InChI=1S/C17H14F2N2OS2/c1-9(11-5-6-12(18)13(19)8-11)20-16(22)15-10(2)21-17(24-15)14-4-3-7-23-14/h3-9H,1-2H3,(H,20,22)/t9-/m1/s1. The number of nitrogens with zero attached hydrogens (tertiary/aromatic N) is 1. The molecule has 0 bridgehead atoms. The number of carbonyl (C=O) groups is 1. The maximum Gasteiger partial charge on any atom is 0.263 e. The van der Waals surface area contributed by atoms with Gasteiger partial charge in [0.15, 0.2) is 11.6 Å². The maximum absolute atomic E-state index is 13.3. The Morgan fingerprint density at radius 3 is 2.71 bits per heavy atom. The SMILES string of the molecule is Cc1nc(-c2cccs2)sc1C(=O)N[C@H](C)c1ccc(F)c(F)c1. The highest BCUT2D eigenvalue weighted by molar-refractivity contribution is 7.22. The first-order chi connectivity index (χ1) is 11.5. The second-order valence-corrected chi connectivity index (χ2v) is 7.23. The molecule has 7 heteroatoms. The van der Waals surface area contributed by atoms with Gasteiger partial charge >= 0.3 is 0 Å². The molecule has 3 rings (SSSR count). The summed E-state index contributed by atoms with van der Waals surface area (Å²) < 4.78 is 26.3. The second-order valence-electron chi connectivity index (χ2n) is 5.28. The van der Waals surface area contributed by atoms with Gasteiger partial charge in [0.25, 0.3) is 5.91 Å². The van der Waals surface area contributed by atoms with E-state index in [0.717, 1.165) is 22.0 Å². The summed E-state index contributed by atoms with van der Waals surface area (Å²) in [5.74, 6) is -2.11. The fourth-order valence-corrected chi connectivity index (χ4v) is 4.01. The van der Waals surface area contributed by atoms with E-state index in [9.17, 15) is 13.6 Å². The van der Waals surface area contributed by atoms with Crippen molar-refractivity contribution in [1.29, 1.82) is 0 Å². The molecule has 1 aromatic carbocycles. The normalized spacial score (nSPS) is 12.2. The van der Waals surface area contributed by atoms with Crippen molar-refractivity contribution in [2.75, 3.05) is 0 Å². The van der Waals surface area contributed by atoms with E-state index in [0.29, 0.717) is 16.1 Å². The van der Waals surface area contributed by atoms with Crippen LogP contribution in [0.25, 0.3) is 9.88 Å². The number of rotatable bonds is 4. The van der Waals surface area contributed by atoms with Gasteiger partial charge in [-0.1, -0.05) is 12.1 Å². The summed E-state index contributed by atoms with van der Waals surface area (Å²) >= 11 is 2.88. The number of thiazole rings is 1. The number of nitrogens with one attached hydrogen (secondary N) is 1. The Morgan fingerprint density at radius 2 is 2.04 bits per heavy atom. The first-order valence-electron chi connectivity index (χ1n) is 7.23. The Hall–Kier alpha value is -2.12. The molecule has 0 unspecified atom stereocenters. The van der Waals surface area contributed by atoms with Gasteiger partial charge in [-0.3, -0.25) is 4.79 Å². The van der Waals surface area contributed by atoms with Gasteiger partial charge in [0.05, 0.1) is 16.6 Å². The van der Waals surface area contributed by atoms with Crippen molar-refractivity contribution in [2.24, 2.45) is 0 Å². The lowest BCUT2D eigenvalue weighted by molar-refractivity contribution is 0.0943. The van der Waals surface area contributed by atoms with Gasteiger partial charge < -0.3 is 5.32 Å². The third-order valence-corrected chi connectivity index (χ3v) is 5.72. The van der Waals surface area contributed by atoms with Gasteiger partial charge in [0.1, 0.15) is 9.88 Å². The highest BCUT2D eigenvalue weighted by Crippen LogP contribution is 2.31. The summed E-state index contributed by atoms with van der Waals surface area (Å²) in [5.41, 5.74) is 1.15. The molecular formula is C17H14F2N2OS2. The highest BCUT2D eigenvalue weighted by Gasteiger charge is 2.19. The molecule has 1 amide bonds. The third-order valence-electron chi connectivity index (χ3n) is 3.53. The Labute approximate surface area is 146 Å². The number of hydrogen-bond acceptors (Lipinski definition) is 4. The lowest BCUT2D eigenvalue weighted by atomic mass is 10.1. The summed E-state index contributed by atoms with van der Waals surface area (Å²) in [4.78, 5) is 18.4. The van der Waals surface area contributed by atoms with Gasteiger partial charge in [-0.15, -0.1) is 22.7 Å². The smallest absolute Gasteiger partial charge is 0.263 e. The van der Waals surface area contributed by atoms with Crippen molar-refractivity contribution in [1.82, 2.24) is 10.3 Å². The van der Waals surface area contributed by atoms with Crippen LogP contribution >= 0.6 is 22.7 Å². The Kier molecular flexibility index (Phi) is 4.73. The number of thiophene rings is 1. The lowest BCUT2D eigenvalue weighted by Gasteiger charge is -2.14. The molecule has 0 saturated heterocycles. The topological polar surface area (TPSA) is 42.0 Å². The maximum atomic E-state index is 13.3. The van der Waals surface area contributed by atoms with E-state index < -0.39 is 17.7 Å². The van der Waals surface area contributed by atoms with Crippen LogP contribution in [0.15, 0.2) is 35.7 Å². The van der Waals surface area contributed by atoms with E-state index in [1.165, 1.54) is 17.4 Å². The number of benzene rings is 1. The van der Waals surface area contributed by atoms with Crippen molar-refractivity contribution in [3.8, 4) is 9.88 Å². The van der Waals surface area contributed by atoms with E-state index in [-0.39, 0.29) is 5.91 Å². The molecule has 124 valence electrons. The predicted octanol–water partition coefficient (Wildman–Crippen LogP) is 4.95. The van der Waals surface area contributed by atoms with E-state index in [1.807, 2.05) is 17.5 Å². The van der Waals surface area contributed by atoms with E-state index in [1.54, 1.807) is 25.2 Å². The molecule has 1 N–H and O–H groups in total. The first kappa shape index (κ1) is 16.7. The summed E-state index contributed by atoms with van der Waals surface area (Å²) in [6, 6.07) is 7.05. The van der Waals surface area contributed by atoms with E-state index >= 15 is 0 Å². The zero-order valence-corrected chi connectivity index (χ0v) is 14.6. The van der Waals surface area contributed by atoms with Crippen molar-refractivity contribution in [2.45, 2.75) is 19.9 Å². The molecule has 0 fully saturated rings. The van der Waals surface area contributed by atoms with Crippen LogP contribution in [0.3, 0.4) is 0 Å². The van der Waals surface area contributed by atoms with Crippen LogP contribution in [0.2, 0.25) is 0 Å². The average molecular weight is 364 g/mol. The van der Waals surface area contributed by atoms with Crippen LogP contribution in [-0.2, 0) is 0 Å². The van der Waals surface area contributed by atoms with Crippen molar-refractivity contribution >= 4 is 28.6 Å². The molecule has 0 aliphatic rings. The molecule has 0 spiro atoms. The summed E-state index contributed by atoms with van der Waals surface area (Å²) in [6.45, 7) is 3.51. The van der Waals surface area contributed by atoms with Crippen molar-refractivity contribution < 1.29 is 13.6 Å². The van der Waals surface area contributed by atoms with Crippen LogP contribution < -0.4 is 5.32 Å². The first-order valence-corrected chi connectivity index (χ1v) is 8.92. The van der Waals surface area contributed by atoms with Gasteiger partial charge in [-0.25, -0.2) is 13.8 Å². The van der Waals surface area contributed by atoms with Gasteiger partial charge in [0, 0.05) is 0 Å². The quantitative estimate of drug-likeness (QED) is 0.712. The monoisotopic (exact) mass is 364 g/mol. The van der Waals surface area contributed by atoms with Crippen LogP contribution in [0.1, 0.15) is 33.9 Å². The number of carbonyl (C=O) groups excluding carboxylic acids is 1. The Balaban J connectivity index is 1.78. The second kappa shape index (κ2) is 6.78. The summed E-state index contributed by atoms with van der Waals surface area (Å²) in [7, 11) is 0. The van der Waals surface area contributed by atoms with Crippen LogP contribution in [0.4, 0.5) is 8.78 Å². The molecule has 24 heavy (non-hydrogen) atoms. The van der Waals surface area contributed by atoms with E-state index in [2.05, 4.69) is 10.3 Å². The predicted molar refractivity (Wildman–Crippen MR) is 92.4 cm³/mol. The molecule has 3 aromatic rings. The fraction of sp³-hybridized carbons (Fsp3) is 0.176. The molecule has 0 saturated carbocycles. The largest absolute Gasteiger partial charge is 0.345 e. The van der Waals surface area contributed by atoms with Gasteiger partial charge in [0.2, 0.25) is 0 Å². The third kappa shape index (κ3) is 3.37. The zero-order chi connectivity index (χ0) is 17.3. The van der Waals surface area contributed by atoms with Crippen molar-refractivity contribution in [3.05, 3.63) is 63.5 Å². The summed E-state index contributed by atoms with van der Waals surface area (Å²) in [6.07, 6.45) is 0. The highest BCUT2D eigenvalue weighted by atomic mass is 32.1. The van der Waals surface area contributed by atoms with Crippen LogP contribution in [0.5, 0.6) is 0 Å². The lowest BCUT2D eigenvalue weighted by Crippen LogP contribution is -2.26. The molecular weight excluding hydrogens is 350 g/mol. The van der Waals surface area contributed by atoms with Gasteiger partial charge in [-0.05, 0) is 43.0 Å². The minimum Gasteiger partial charge on any atom is -0.345 e. The summed E-state index contributed by atoms with van der Waals surface area (Å²) in [5, 5.41) is 5.56. The number of aryl methyl sites for hydroxylation is 1. The molecule has 1 atom stereocenters. The fourth-order valence-electron chi connectivity index (χ4n) is 2.24. The zero-order valence-electron chi connectivity index (χ0n) is 13.0. The average Bonchev–Trinajstić information content (AvgIpc) is 3.19. The number of halogens is 2. The molecule has 2 heterocycles. The molecule has 0 radical (unpaired) electrons. The van der Waals surface area contributed by atoms with E-state index in [4.69, 9.17) is 0 Å². The number of aromatic nitrogens is 1. The van der Waals surface area contributed by atoms with Gasteiger partial charge in [-0.2, -0.15) is 0 Å². The molecule has 2 aromatic heterocycles. The minimum absolute atomic E-state index is 0.273. The minimum atomic E-state index is -0.928. The molecule has 0 aliphatic carbocycles.